The van der Waals surface area contributed by atoms with E-state index >= 15 is 0 Å². The first kappa shape index (κ1) is 9.18. The molecule has 1 saturated carbocycles. The van der Waals surface area contributed by atoms with E-state index in [4.69, 9.17) is 5.73 Å². The van der Waals surface area contributed by atoms with Crippen LogP contribution in [0.4, 0.5) is 10.2 Å². The highest BCUT2D eigenvalue weighted by atomic mass is 19.1. The van der Waals surface area contributed by atoms with Crippen molar-refractivity contribution in [2.24, 2.45) is 0 Å². The van der Waals surface area contributed by atoms with E-state index in [1.54, 1.807) is 0 Å². The molecule has 2 rings (SSSR count). The summed E-state index contributed by atoms with van der Waals surface area (Å²) in [6, 6.07) is 0.102. The number of rotatable bonds is 1. The molecule has 0 aliphatic heterocycles. The third kappa shape index (κ3) is 1.49. The number of hydrogen-bond acceptors (Lipinski definition) is 3. The van der Waals surface area contributed by atoms with E-state index < -0.39 is 11.5 Å². The molecule has 1 aliphatic rings. The number of nitrogens with two attached hydrogens (primary N) is 1. The van der Waals surface area contributed by atoms with E-state index in [9.17, 15) is 9.18 Å². The van der Waals surface area contributed by atoms with Gasteiger partial charge in [-0.05, 0) is 12.8 Å². The Kier molecular flexibility index (Phi) is 2.23. The number of nitrogens with zero attached hydrogens (tertiary/aromatic N) is 2. The summed E-state index contributed by atoms with van der Waals surface area (Å²) in [5.74, 6) is -0.930. The van der Waals surface area contributed by atoms with E-state index in [0.717, 1.165) is 25.7 Å². The van der Waals surface area contributed by atoms with Gasteiger partial charge in [0, 0.05) is 12.2 Å². The van der Waals surface area contributed by atoms with Crippen molar-refractivity contribution in [2.75, 3.05) is 5.73 Å². The Morgan fingerprint density at radius 2 is 2.14 bits per heavy atom. The minimum atomic E-state index is -0.614. The van der Waals surface area contributed by atoms with Crippen LogP contribution in [0.2, 0.25) is 0 Å². The fraction of sp³-hybridized carbons (Fsp3) is 0.556. The number of halogens is 1. The Balaban J connectivity index is 2.42. The first-order valence-corrected chi connectivity index (χ1v) is 4.72. The lowest BCUT2D eigenvalue weighted by atomic mass is 10.2. The Morgan fingerprint density at radius 3 is 2.79 bits per heavy atom. The third-order valence-electron chi connectivity index (χ3n) is 2.65. The molecule has 0 amide bonds. The summed E-state index contributed by atoms with van der Waals surface area (Å²) in [7, 11) is 0. The van der Waals surface area contributed by atoms with Gasteiger partial charge in [-0.3, -0.25) is 4.57 Å². The van der Waals surface area contributed by atoms with E-state index in [1.807, 2.05) is 0 Å². The highest BCUT2D eigenvalue weighted by Gasteiger charge is 2.19. The van der Waals surface area contributed by atoms with Gasteiger partial charge < -0.3 is 5.73 Å². The van der Waals surface area contributed by atoms with Crippen LogP contribution in [0.15, 0.2) is 11.0 Å². The standard InChI is InChI=1S/C9H12FN3O/c10-7-5-13(6-3-1-2-4-6)9(14)12-8(7)11/h5-6H,1-4H2,(H2,11,12,14). The van der Waals surface area contributed by atoms with Crippen LogP contribution in [0.1, 0.15) is 31.7 Å². The molecule has 0 bridgehead atoms. The minimum Gasteiger partial charge on any atom is -0.381 e. The van der Waals surface area contributed by atoms with Gasteiger partial charge in [-0.2, -0.15) is 4.98 Å². The Hall–Kier alpha value is -1.39. The smallest absolute Gasteiger partial charge is 0.349 e. The maximum absolute atomic E-state index is 13.1. The van der Waals surface area contributed by atoms with Gasteiger partial charge in [0.05, 0.1) is 0 Å². The van der Waals surface area contributed by atoms with Crippen LogP contribution in [-0.4, -0.2) is 9.55 Å². The number of hydrogen-bond donors (Lipinski definition) is 1. The number of anilines is 1. The highest BCUT2D eigenvalue weighted by Crippen LogP contribution is 2.28. The van der Waals surface area contributed by atoms with Crippen LogP contribution in [0.5, 0.6) is 0 Å². The number of nitrogen functional groups attached to an aromatic ring is 1. The molecule has 1 aromatic heterocycles. The highest BCUT2D eigenvalue weighted by molar-refractivity contribution is 5.26. The van der Waals surface area contributed by atoms with Crippen LogP contribution < -0.4 is 11.4 Å². The van der Waals surface area contributed by atoms with Gasteiger partial charge in [-0.15, -0.1) is 0 Å². The molecule has 1 fully saturated rings. The zero-order valence-electron chi connectivity index (χ0n) is 7.74. The second-order valence-electron chi connectivity index (χ2n) is 3.60. The largest absolute Gasteiger partial charge is 0.381 e. The van der Waals surface area contributed by atoms with Crippen LogP contribution >= 0.6 is 0 Å². The molecule has 0 spiro atoms. The van der Waals surface area contributed by atoms with E-state index in [2.05, 4.69) is 4.98 Å². The maximum Gasteiger partial charge on any atom is 0.349 e. The quantitative estimate of drug-likeness (QED) is 0.732. The van der Waals surface area contributed by atoms with Crippen molar-refractivity contribution in [1.82, 2.24) is 9.55 Å². The predicted molar refractivity (Wildman–Crippen MR) is 50.4 cm³/mol. The fourth-order valence-electron chi connectivity index (χ4n) is 1.90. The molecule has 0 unspecified atom stereocenters. The molecule has 0 radical (unpaired) electrons. The topological polar surface area (TPSA) is 60.9 Å². The monoisotopic (exact) mass is 197 g/mol. The maximum atomic E-state index is 13.1. The lowest BCUT2D eigenvalue weighted by Crippen LogP contribution is -2.27. The SMILES string of the molecule is Nc1nc(=O)n(C2CCCC2)cc1F. The summed E-state index contributed by atoms with van der Waals surface area (Å²) < 4.78 is 14.4. The summed E-state index contributed by atoms with van der Waals surface area (Å²) >= 11 is 0. The van der Waals surface area contributed by atoms with Gasteiger partial charge in [-0.1, -0.05) is 12.8 Å². The van der Waals surface area contributed by atoms with E-state index in [0.29, 0.717) is 0 Å². The second-order valence-corrected chi connectivity index (χ2v) is 3.60. The summed E-state index contributed by atoms with van der Waals surface area (Å²) in [4.78, 5) is 14.8. The van der Waals surface area contributed by atoms with Gasteiger partial charge in [-0.25, -0.2) is 9.18 Å². The Bertz CT molecular complexity index is 396. The lowest BCUT2D eigenvalue weighted by molar-refractivity contribution is 0.472. The molecule has 1 aromatic rings. The molecule has 1 heterocycles. The van der Waals surface area contributed by atoms with Crippen molar-refractivity contribution in [3.63, 3.8) is 0 Å². The average Bonchev–Trinajstić information content (AvgIpc) is 2.64. The van der Waals surface area contributed by atoms with Crippen molar-refractivity contribution in [2.45, 2.75) is 31.7 Å². The van der Waals surface area contributed by atoms with Gasteiger partial charge >= 0.3 is 5.69 Å². The summed E-state index contributed by atoms with van der Waals surface area (Å²) in [6.45, 7) is 0. The first-order chi connectivity index (χ1) is 6.68. The molecule has 0 atom stereocenters. The molecule has 4 nitrogen and oxygen atoms in total. The van der Waals surface area contributed by atoms with Gasteiger partial charge in [0.15, 0.2) is 11.6 Å². The van der Waals surface area contributed by atoms with Gasteiger partial charge in [0.25, 0.3) is 0 Å². The van der Waals surface area contributed by atoms with Crippen LogP contribution in [0.3, 0.4) is 0 Å². The van der Waals surface area contributed by atoms with Crippen molar-refractivity contribution in [1.29, 1.82) is 0 Å². The minimum absolute atomic E-state index is 0.102. The lowest BCUT2D eigenvalue weighted by Gasteiger charge is -2.12. The first-order valence-electron chi connectivity index (χ1n) is 4.72. The van der Waals surface area contributed by atoms with Gasteiger partial charge in [0.1, 0.15) is 0 Å². The zero-order valence-corrected chi connectivity index (χ0v) is 7.74. The molecule has 0 aromatic carbocycles. The molecule has 2 N–H and O–H groups in total. The zero-order chi connectivity index (χ0) is 10.1. The summed E-state index contributed by atoms with van der Waals surface area (Å²) in [5, 5.41) is 0. The van der Waals surface area contributed by atoms with E-state index in [-0.39, 0.29) is 11.9 Å². The van der Waals surface area contributed by atoms with Crippen molar-refractivity contribution < 1.29 is 4.39 Å². The van der Waals surface area contributed by atoms with Crippen molar-refractivity contribution in [3.8, 4) is 0 Å². The van der Waals surface area contributed by atoms with Crippen LogP contribution in [0.25, 0.3) is 0 Å². The summed E-state index contributed by atoms with van der Waals surface area (Å²) in [5.41, 5.74) is 4.74. The van der Waals surface area contributed by atoms with Crippen molar-refractivity contribution in [3.05, 3.63) is 22.5 Å². The average molecular weight is 197 g/mol. The molecule has 76 valence electrons. The van der Waals surface area contributed by atoms with Crippen molar-refractivity contribution >= 4 is 5.82 Å². The third-order valence-corrected chi connectivity index (χ3v) is 2.65. The Morgan fingerprint density at radius 1 is 1.50 bits per heavy atom. The Labute approximate surface area is 80.6 Å². The molecular formula is C9H12FN3O. The van der Waals surface area contributed by atoms with Crippen LogP contribution in [-0.2, 0) is 0 Å². The van der Waals surface area contributed by atoms with Gasteiger partial charge in [0.2, 0.25) is 0 Å². The normalized spacial score (nSPS) is 17.5. The summed E-state index contributed by atoms with van der Waals surface area (Å²) in [6.07, 6.45) is 5.18. The predicted octanol–water partition coefficient (Wildman–Crippen LogP) is 1.08. The van der Waals surface area contributed by atoms with E-state index in [1.165, 1.54) is 10.8 Å². The molecule has 0 saturated heterocycles. The fourth-order valence-corrected chi connectivity index (χ4v) is 1.90. The molecule has 1 aliphatic carbocycles. The molecular weight excluding hydrogens is 185 g/mol. The second kappa shape index (κ2) is 3.40. The molecule has 5 heteroatoms. The van der Waals surface area contributed by atoms with Crippen LogP contribution in [0, 0.1) is 5.82 Å². The number of aromatic nitrogens is 2. The molecule has 14 heavy (non-hydrogen) atoms.